The number of aryl methyl sites for hydroxylation is 1. The minimum absolute atomic E-state index is 0.0920. The maximum atomic E-state index is 14.1. The van der Waals surface area contributed by atoms with Gasteiger partial charge in [0, 0.05) is 24.5 Å². The fourth-order valence-corrected chi connectivity index (χ4v) is 5.73. The molecule has 0 bridgehead atoms. The first-order chi connectivity index (χ1) is 19.0. The molecule has 2 amide bonds. The lowest BCUT2D eigenvalue weighted by Gasteiger charge is -2.34. The molecule has 0 saturated heterocycles. The largest absolute Gasteiger partial charge is 0.354 e. The van der Waals surface area contributed by atoms with Gasteiger partial charge in [-0.1, -0.05) is 91.1 Å². The molecule has 0 radical (unpaired) electrons. The summed E-state index contributed by atoms with van der Waals surface area (Å²) in [6.45, 7) is 4.02. The first-order valence-electron chi connectivity index (χ1n) is 13.1. The van der Waals surface area contributed by atoms with Gasteiger partial charge in [0.05, 0.1) is 17.0 Å². The molecule has 1 N–H and O–H groups in total. The van der Waals surface area contributed by atoms with Crippen LogP contribution in [0.1, 0.15) is 36.5 Å². The van der Waals surface area contributed by atoms with Gasteiger partial charge in [0.1, 0.15) is 12.6 Å². The molecule has 0 aliphatic rings. The van der Waals surface area contributed by atoms with E-state index in [1.807, 2.05) is 68.4 Å². The zero-order chi connectivity index (χ0) is 29.3. The number of nitrogens with zero attached hydrogens (tertiary/aromatic N) is 2. The number of sulfonamides is 1. The van der Waals surface area contributed by atoms with E-state index < -0.39 is 28.5 Å². The Morgan fingerprint density at radius 3 is 2.27 bits per heavy atom. The third-order valence-electron chi connectivity index (χ3n) is 6.56. The quantitative estimate of drug-likeness (QED) is 0.257. The van der Waals surface area contributed by atoms with Crippen molar-refractivity contribution in [1.29, 1.82) is 0 Å². The number of halogens is 2. The van der Waals surface area contributed by atoms with Gasteiger partial charge < -0.3 is 10.2 Å². The molecule has 0 spiro atoms. The fraction of sp³-hybridized carbons (Fsp3) is 0.333. The summed E-state index contributed by atoms with van der Waals surface area (Å²) in [6.07, 6.45) is 2.97. The predicted molar refractivity (Wildman–Crippen MR) is 162 cm³/mol. The summed E-state index contributed by atoms with van der Waals surface area (Å²) in [7, 11) is -3.93. The highest BCUT2D eigenvalue weighted by Crippen LogP contribution is 2.30. The van der Waals surface area contributed by atoms with Gasteiger partial charge in [0.2, 0.25) is 21.8 Å². The number of benzene rings is 3. The molecule has 1 atom stereocenters. The standard InChI is InChI=1S/C30H35Cl2N3O4S/c1-4-5-17-33-30(37)28(18-23-12-7-6-8-13-23)34(20-24-14-10-9-11-22(24)2)29(36)21-35(40(3,38)39)27-16-15-25(31)19-26(27)32/h6-16,19,28H,4-5,17-18,20-21H2,1-3H3,(H,33,37). The van der Waals surface area contributed by atoms with Crippen molar-refractivity contribution in [3.05, 3.63) is 99.5 Å². The van der Waals surface area contributed by atoms with Crippen molar-refractivity contribution in [3.63, 3.8) is 0 Å². The Hall–Kier alpha value is -3.07. The summed E-state index contributed by atoms with van der Waals surface area (Å²) >= 11 is 12.4. The summed E-state index contributed by atoms with van der Waals surface area (Å²) in [5, 5.41) is 3.40. The van der Waals surface area contributed by atoms with E-state index in [4.69, 9.17) is 23.2 Å². The Balaban J connectivity index is 2.06. The monoisotopic (exact) mass is 603 g/mol. The van der Waals surface area contributed by atoms with Crippen LogP contribution in [0.5, 0.6) is 0 Å². The van der Waals surface area contributed by atoms with Crippen LogP contribution in [0.3, 0.4) is 0 Å². The van der Waals surface area contributed by atoms with E-state index in [1.54, 1.807) is 0 Å². The van der Waals surface area contributed by atoms with Gasteiger partial charge in [-0.15, -0.1) is 0 Å². The Bertz CT molecular complexity index is 1420. The van der Waals surface area contributed by atoms with Crippen molar-refractivity contribution in [2.45, 2.75) is 45.7 Å². The zero-order valence-corrected chi connectivity index (χ0v) is 25.3. The molecule has 40 heavy (non-hydrogen) atoms. The average molecular weight is 605 g/mol. The normalized spacial score (nSPS) is 12.0. The second-order valence-corrected chi connectivity index (χ2v) is 12.4. The van der Waals surface area contributed by atoms with Crippen molar-refractivity contribution in [3.8, 4) is 0 Å². The van der Waals surface area contributed by atoms with Gasteiger partial charge in [-0.3, -0.25) is 13.9 Å². The molecule has 0 saturated carbocycles. The number of anilines is 1. The molecule has 3 aromatic rings. The van der Waals surface area contributed by atoms with Crippen LogP contribution >= 0.6 is 23.2 Å². The molecular formula is C30H35Cl2N3O4S. The number of carbonyl (C=O) groups is 2. The second-order valence-electron chi connectivity index (χ2n) is 9.66. The van der Waals surface area contributed by atoms with E-state index in [0.717, 1.165) is 40.1 Å². The first-order valence-corrected chi connectivity index (χ1v) is 15.7. The lowest BCUT2D eigenvalue weighted by Crippen LogP contribution is -2.53. The molecule has 3 rings (SSSR count). The number of rotatable bonds is 13. The second kappa shape index (κ2) is 14.5. The minimum Gasteiger partial charge on any atom is -0.354 e. The summed E-state index contributed by atoms with van der Waals surface area (Å²) < 4.78 is 26.7. The summed E-state index contributed by atoms with van der Waals surface area (Å²) in [5.74, 6) is -0.832. The maximum Gasteiger partial charge on any atom is 0.244 e. The van der Waals surface area contributed by atoms with Gasteiger partial charge >= 0.3 is 0 Å². The third-order valence-corrected chi connectivity index (χ3v) is 8.22. The van der Waals surface area contributed by atoms with Crippen molar-refractivity contribution in [1.82, 2.24) is 10.2 Å². The maximum absolute atomic E-state index is 14.1. The number of amides is 2. The Kier molecular flexibility index (Phi) is 11.4. The highest BCUT2D eigenvalue weighted by atomic mass is 35.5. The van der Waals surface area contributed by atoms with Crippen molar-refractivity contribution in [2.75, 3.05) is 23.7 Å². The number of unbranched alkanes of at least 4 members (excludes halogenated alkanes) is 1. The van der Waals surface area contributed by atoms with Crippen molar-refractivity contribution >= 4 is 50.7 Å². The Morgan fingerprint density at radius 1 is 0.975 bits per heavy atom. The van der Waals surface area contributed by atoms with Crippen LogP contribution in [-0.2, 0) is 32.6 Å². The fourth-order valence-electron chi connectivity index (χ4n) is 4.31. The van der Waals surface area contributed by atoms with Gasteiger partial charge in [-0.2, -0.15) is 0 Å². The highest BCUT2D eigenvalue weighted by molar-refractivity contribution is 7.92. The molecule has 214 valence electrons. The third kappa shape index (κ3) is 8.71. The molecule has 7 nitrogen and oxygen atoms in total. The summed E-state index contributed by atoms with van der Waals surface area (Å²) in [5.41, 5.74) is 2.81. The molecule has 0 fully saturated rings. The van der Waals surface area contributed by atoms with E-state index in [9.17, 15) is 18.0 Å². The number of carbonyl (C=O) groups excluding carboxylic acids is 2. The van der Waals surface area contributed by atoms with E-state index in [0.29, 0.717) is 11.6 Å². The molecular weight excluding hydrogens is 569 g/mol. The molecule has 3 aromatic carbocycles. The van der Waals surface area contributed by atoms with E-state index in [1.165, 1.54) is 23.1 Å². The Labute approximate surface area is 247 Å². The van der Waals surface area contributed by atoms with Crippen LogP contribution in [-0.4, -0.2) is 50.5 Å². The van der Waals surface area contributed by atoms with E-state index >= 15 is 0 Å². The number of nitrogens with one attached hydrogen (secondary N) is 1. The molecule has 0 aliphatic carbocycles. The van der Waals surface area contributed by atoms with Crippen molar-refractivity contribution in [2.24, 2.45) is 0 Å². The van der Waals surface area contributed by atoms with Crippen LogP contribution in [0.15, 0.2) is 72.8 Å². The first kappa shape index (κ1) is 31.5. The van der Waals surface area contributed by atoms with Gasteiger partial charge in [0.15, 0.2) is 0 Å². The highest BCUT2D eigenvalue weighted by Gasteiger charge is 2.33. The smallest absolute Gasteiger partial charge is 0.244 e. The van der Waals surface area contributed by atoms with Crippen LogP contribution in [0.4, 0.5) is 5.69 Å². The minimum atomic E-state index is -3.93. The molecule has 10 heteroatoms. The van der Waals surface area contributed by atoms with Crippen LogP contribution in [0, 0.1) is 6.92 Å². The topological polar surface area (TPSA) is 86.8 Å². The van der Waals surface area contributed by atoms with Gasteiger partial charge in [0.25, 0.3) is 0 Å². The average Bonchev–Trinajstić information content (AvgIpc) is 2.90. The number of hydrogen-bond acceptors (Lipinski definition) is 4. The SMILES string of the molecule is CCCCNC(=O)C(Cc1ccccc1)N(Cc1ccccc1C)C(=O)CN(c1ccc(Cl)cc1Cl)S(C)(=O)=O. The number of hydrogen-bond donors (Lipinski definition) is 1. The molecule has 0 heterocycles. The lowest BCUT2D eigenvalue weighted by molar-refractivity contribution is -0.140. The van der Waals surface area contributed by atoms with E-state index in [-0.39, 0.29) is 29.6 Å². The predicted octanol–water partition coefficient (Wildman–Crippen LogP) is 5.62. The lowest BCUT2D eigenvalue weighted by atomic mass is 10.0. The van der Waals surface area contributed by atoms with Gasteiger partial charge in [-0.05, 0) is 48.2 Å². The van der Waals surface area contributed by atoms with Crippen molar-refractivity contribution < 1.29 is 18.0 Å². The molecule has 0 aromatic heterocycles. The van der Waals surface area contributed by atoms with Crippen LogP contribution < -0.4 is 9.62 Å². The van der Waals surface area contributed by atoms with Crippen LogP contribution in [0.25, 0.3) is 0 Å². The van der Waals surface area contributed by atoms with E-state index in [2.05, 4.69) is 5.32 Å². The molecule has 0 aliphatic heterocycles. The van der Waals surface area contributed by atoms with Gasteiger partial charge in [-0.25, -0.2) is 8.42 Å². The summed E-state index contributed by atoms with van der Waals surface area (Å²) in [4.78, 5) is 29.2. The Morgan fingerprint density at radius 2 is 1.65 bits per heavy atom. The zero-order valence-electron chi connectivity index (χ0n) is 22.9. The molecule has 1 unspecified atom stereocenters. The van der Waals surface area contributed by atoms with Crippen LogP contribution in [0.2, 0.25) is 10.0 Å². The summed E-state index contributed by atoms with van der Waals surface area (Å²) in [6, 6.07) is 20.6.